The van der Waals surface area contributed by atoms with Crippen molar-refractivity contribution in [3.63, 3.8) is 0 Å². The fourth-order valence-corrected chi connectivity index (χ4v) is 4.34. The highest BCUT2D eigenvalue weighted by atomic mass is 79.9. The van der Waals surface area contributed by atoms with Gasteiger partial charge in [-0.05, 0) is 66.4 Å². The predicted molar refractivity (Wildman–Crippen MR) is 137 cm³/mol. The molecule has 2 heterocycles. The van der Waals surface area contributed by atoms with E-state index in [1.807, 2.05) is 53.1 Å². The standard InChI is InChI=1S/C25H24BrN5OS/c1-3-17(2)18-6-10-21(11-7-18)28-23(32)16-33-25-30-29-24(19-5-4-14-27-15-19)31(25)22-12-8-20(26)9-13-22/h4-15,17H,3,16H2,1-2H3,(H,28,32). The molecule has 1 N–H and O–H groups in total. The van der Waals surface area contributed by atoms with Crippen LogP contribution in [0.15, 0.2) is 82.7 Å². The maximum absolute atomic E-state index is 12.6. The van der Waals surface area contributed by atoms with Crippen LogP contribution in [-0.2, 0) is 4.79 Å². The summed E-state index contributed by atoms with van der Waals surface area (Å²) in [6.45, 7) is 4.37. The van der Waals surface area contributed by atoms with E-state index in [2.05, 4.69) is 62.4 Å². The minimum absolute atomic E-state index is 0.0930. The molecule has 2 aromatic heterocycles. The lowest BCUT2D eigenvalue weighted by atomic mass is 9.99. The van der Waals surface area contributed by atoms with E-state index in [0.717, 1.165) is 27.8 Å². The van der Waals surface area contributed by atoms with Crippen LogP contribution >= 0.6 is 27.7 Å². The van der Waals surface area contributed by atoms with Crippen molar-refractivity contribution in [2.24, 2.45) is 0 Å². The molecule has 1 atom stereocenters. The fourth-order valence-electron chi connectivity index (χ4n) is 3.33. The SMILES string of the molecule is CCC(C)c1ccc(NC(=O)CSc2nnc(-c3cccnc3)n2-c2ccc(Br)cc2)cc1. The van der Waals surface area contributed by atoms with Gasteiger partial charge in [0.15, 0.2) is 11.0 Å². The van der Waals surface area contributed by atoms with Crippen LogP contribution in [0.3, 0.4) is 0 Å². The van der Waals surface area contributed by atoms with Crippen molar-refractivity contribution >= 4 is 39.3 Å². The van der Waals surface area contributed by atoms with Gasteiger partial charge in [-0.15, -0.1) is 10.2 Å². The van der Waals surface area contributed by atoms with Crippen molar-refractivity contribution in [1.29, 1.82) is 0 Å². The Hall–Kier alpha value is -2.97. The fraction of sp³-hybridized carbons (Fsp3) is 0.200. The van der Waals surface area contributed by atoms with Crippen LogP contribution in [0.1, 0.15) is 31.7 Å². The van der Waals surface area contributed by atoms with Crippen molar-refractivity contribution in [3.8, 4) is 17.1 Å². The number of carbonyl (C=O) groups is 1. The molecule has 0 aliphatic carbocycles. The summed E-state index contributed by atoms with van der Waals surface area (Å²) in [5, 5.41) is 12.4. The van der Waals surface area contributed by atoms with Crippen LogP contribution < -0.4 is 5.32 Å². The zero-order valence-corrected chi connectivity index (χ0v) is 20.8. The number of amides is 1. The maximum Gasteiger partial charge on any atom is 0.234 e. The summed E-state index contributed by atoms with van der Waals surface area (Å²) in [5.41, 5.74) is 3.82. The van der Waals surface area contributed by atoms with Crippen LogP contribution in [0.2, 0.25) is 0 Å². The predicted octanol–water partition coefficient (Wildman–Crippen LogP) is 6.34. The molecule has 0 spiro atoms. The molecule has 1 amide bonds. The zero-order chi connectivity index (χ0) is 23.2. The van der Waals surface area contributed by atoms with Gasteiger partial charge >= 0.3 is 0 Å². The largest absolute Gasteiger partial charge is 0.325 e. The van der Waals surface area contributed by atoms with E-state index in [1.54, 1.807) is 12.4 Å². The van der Waals surface area contributed by atoms with Crippen LogP contribution in [0, 0.1) is 0 Å². The van der Waals surface area contributed by atoms with Gasteiger partial charge in [0.1, 0.15) is 0 Å². The summed E-state index contributed by atoms with van der Waals surface area (Å²) in [6.07, 6.45) is 4.56. The minimum Gasteiger partial charge on any atom is -0.325 e. The van der Waals surface area contributed by atoms with Crippen molar-refractivity contribution in [2.75, 3.05) is 11.1 Å². The molecule has 4 rings (SSSR count). The highest BCUT2D eigenvalue weighted by molar-refractivity contribution is 9.10. The molecule has 0 fully saturated rings. The number of nitrogens with zero attached hydrogens (tertiary/aromatic N) is 4. The quantitative estimate of drug-likeness (QED) is 0.274. The van der Waals surface area contributed by atoms with E-state index in [-0.39, 0.29) is 11.7 Å². The van der Waals surface area contributed by atoms with E-state index in [0.29, 0.717) is 16.9 Å². The van der Waals surface area contributed by atoms with Crippen molar-refractivity contribution < 1.29 is 4.79 Å². The van der Waals surface area contributed by atoms with Crippen LogP contribution in [0.5, 0.6) is 0 Å². The molecule has 8 heteroatoms. The molecule has 1 unspecified atom stereocenters. The molecule has 0 aliphatic rings. The van der Waals surface area contributed by atoms with Gasteiger partial charge in [-0.1, -0.05) is 53.7 Å². The molecule has 4 aromatic rings. The van der Waals surface area contributed by atoms with Gasteiger partial charge in [0.2, 0.25) is 5.91 Å². The molecular weight excluding hydrogens is 498 g/mol. The number of hydrogen-bond acceptors (Lipinski definition) is 5. The first kappa shape index (κ1) is 23.2. The molecule has 168 valence electrons. The second-order valence-electron chi connectivity index (χ2n) is 7.63. The Labute approximate surface area is 206 Å². The first-order chi connectivity index (χ1) is 16.0. The summed E-state index contributed by atoms with van der Waals surface area (Å²) in [6, 6.07) is 19.7. The Morgan fingerprint density at radius 2 is 1.85 bits per heavy atom. The van der Waals surface area contributed by atoms with E-state index in [1.165, 1.54) is 17.3 Å². The van der Waals surface area contributed by atoms with E-state index in [4.69, 9.17) is 0 Å². The average molecular weight is 522 g/mol. The summed E-state index contributed by atoms with van der Waals surface area (Å²) in [5.74, 6) is 1.30. The van der Waals surface area contributed by atoms with Gasteiger partial charge in [0.05, 0.1) is 5.75 Å². The highest BCUT2D eigenvalue weighted by Gasteiger charge is 2.17. The van der Waals surface area contributed by atoms with Gasteiger partial charge in [0.25, 0.3) is 0 Å². The second kappa shape index (κ2) is 10.8. The van der Waals surface area contributed by atoms with Gasteiger partial charge in [-0.25, -0.2) is 0 Å². The number of anilines is 1. The number of thioether (sulfide) groups is 1. The Kier molecular flexibility index (Phi) is 7.57. The zero-order valence-electron chi connectivity index (χ0n) is 18.4. The molecule has 6 nitrogen and oxygen atoms in total. The molecule has 0 saturated carbocycles. The van der Waals surface area contributed by atoms with Gasteiger partial charge in [-0.2, -0.15) is 0 Å². The minimum atomic E-state index is -0.0930. The molecular formula is C25H24BrN5OS. The monoisotopic (exact) mass is 521 g/mol. The number of aromatic nitrogens is 4. The Balaban J connectivity index is 1.51. The van der Waals surface area contributed by atoms with E-state index >= 15 is 0 Å². The lowest BCUT2D eigenvalue weighted by molar-refractivity contribution is -0.113. The first-order valence-corrected chi connectivity index (χ1v) is 12.5. The summed E-state index contributed by atoms with van der Waals surface area (Å²) in [7, 11) is 0. The third kappa shape index (κ3) is 5.69. The number of carbonyl (C=O) groups excluding carboxylic acids is 1. The molecule has 33 heavy (non-hydrogen) atoms. The average Bonchev–Trinajstić information content (AvgIpc) is 3.28. The van der Waals surface area contributed by atoms with Gasteiger partial charge in [-0.3, -0.25) is 14.3 Å². The number of hydrogen-bond donors (Lipinski definition) is 1. The number of rotatable bonds is 8. The van der Waals surface area contributed by atoms with Gasteiger partial charge in [0, 0.05) is 33.8 Å². The number of benzene rings is 2. The van der Waals surface area contributed by atoms with Crippen molar-refractivity contribution in [2.45, 2.75) is 31.3 Å². The molecule has 0 aliphatic heterocycles. The number of halogens is 1. The van der Waals surface area contributed by atoms with Crippen LogP contribution in [0.4, 0.5) is 5.69 Å². The molecule has 2 aromatic carbocycles. The van der Waals surface area contributed by atoms with E-state index < -0.39 is 0 Å². The number of pyridine rings is 1. The molecule has 0 saturated heterocycles. The summed E-state index contributed by atoms with van der Waals surface area (Å²) < 4.78 is 2.93. The summed E-state index contributed by atoms with van der Waals surface area (Å²) in [4.78, 5) is 16.8. The normalized spacial score (nSPS) is 11.8. The van der Waals surface area contributed by atoms with E-state index in [9.17, 15) is 4.79 Å². The Morgan fingerprint density at radius 1 is 1.09 bits per heavy atom. The number of nitrogens with one attached hydrogen (secondary N) is 1. The topological polar surface area (TPSA) is 72.7 Å². The van der Waals surface area contributed by atoms with Gasteiger partial charge < -0.3 is 5.32 Å². The smallest absolute Gasteiger partial charge is 0.234 e. The van der Waals surface area contributed by atoms with Crippen molar-refractivity contribution in [3.05, 3.63) is 83.1 Å². The third-order valence-electron chi connectivity index (χ3n) is 5.35. The lowest BCUT2D eigenvalue weighted by Crippen LogP contribution is -2.14. The first-order valence-electron chi connectivity index (χ1n) is 10.7. The molecule has 0 radical (unpaired) electrons. The third-order valence-corrected chi connectivity index (χ3v) is 6.80. The maximum atomic E-state index is 12.6. The lowest BCUT2D eigenvalue weighted by Gasteiger charge is -2.11. The summed E-state index contributed by atoms with van der Waals surface area (Å²) >= 11 is 4.83. The Morgan fingerprint density at radius 3 is 2.52 bits per heavy atom. The second-order valence-corrected chi connectivity index (χ2v) is 9.49. The van der Waals surface area contributed by atoms with Crippen LogP contribution in [-0.4, -0.2) is 31.4 Å². The highest BCUT2D eigenvalue weighted by Crippen LogP contribution is 2.28. The molecule has 0 bridgehead atoms. The van der Waals surface area contributed by atoms with Crippen LogP contribution in [0.25, 0.3) is 17.1 Å². The van der Waals surface area contributed by atoms with Crippen molar-refractivity contribution in [1.82, 2.24) is 19.7 Å². The Bertz CT molecular complexity index is 1210.